The fourth-order valence-electron chi connectivity index (χ4n) is 2.58. The minimum atomic E-state index is -0.992. The van der Waals surface area contributed by atoms with Crippen molar-refractivity contribution < 1.29 is 24.0 Å². The van der Waals surface area contributed by atoms with Gasteiger partial charge >= 0.3 is 5.97 Å². The molecule has 0 saturated carbocycles. The van der Waals surface area contributed by atoms with Gasteiger partial charge in [-0.3, -0.25) is 24.5 Å². The first-order chi connectivity index (χ1) is 14.3. The lowest BCUT2D eigenvalue weighted by atomic mass is 10.1. The summed E-state index contributed by atoms with van der Waals surface area (Å²) in [6.45, 7) is 3.25. The normalized spacial score (nSPS) is 11.3. The Morgan fingerprint density at radius 1 is 1.10 bits per heavy atom. The van der Waals surface area contributed by atoms with E-state index in [1.807, 2.05) is 0 Å². The highest BCUT2D eigenvalue weighted by Crippen LogP contribution is 2.23. The molecule has 30 heavy (non-hydrogen) atoms. The second kappa shape index (κ2) is 10.7. The van der Waals surface area contributed by atoms with Crippen molar-refractivity contribution in [2.24, 2.45) is 0 Å². The van der Waals surface area contributed by atoms with Crippen LogP contribution in [0.25, 0.3) is 0 Å². The lowest BCUT2D eigenvalue weighted by Crippen LogP contribution is -2.30. The van der Waals surface area contributed by atoms with Crippen LogP contribution in [0.4, 0.5) is 17.1 Å². The number of carbonyl (C=O) groups excluding carboxylic acids is 3. The number of ether oxygens (including phenoxy) is 1. The van der Waals surface area contributed by atoms with E-state index in [2.05, 4.69) is 10.6 Å². The van der Waals surface area contributed by atoms with Crippen molar-refractivity contribution in [3.63, 3.8) is 0 Å². The number of nitrogens with zero attached hydrogens (tertiary/aromatic N) is 1. The predicted octanol–water partition coefficient (Wildman–Crippen LogP) is 3.56. The van der Waals surface area contributed by atoms with Gasteiger partial charge in [-0.25, -0.2) is 0 Å². The maximum absolute atomic E-state index is 12.2. The van der Waals surface area contributed by atoms with Crippen LogP contribution in [-0.4, -0.2) is 35.2 Å². The van der Waals surface area contributed by atoms with E-state index >= 15 is 0 Å². The van der Waals surface area contributed by atoms with Crippen molar-refractivity contribution in [2.45, 2.75) is 32.8 Å². The molecule has 9 nitrogen and oxygen atoms in total. The lowest BCUT2D eigenvalue weighted by Gasteiger charge is -2.14. The van der Waals surface area contributed by atoms with Crippen molar-refractivity contribution in [3.05, 3.63) is 64.2 Å². The second-order valence-corrected chi connectivity index (χ2v) is 6.56. The molecule has 2 aromatic rings. The Labute approximate surface area is 173 Å². The van der Waals surface area contributed by atoms with Gasteiger partial charge in [0.25, 0.3) is 11.6 Å². The van der Waals surface area contributed by atoms with E-state index in [4.69, 9.17) is 4.74 Å². The van der Waals surface area contributed by atoms with E-state index in [1.165, 1.54) is 19.9 Å². The van der Waals surface area contributed by atoms with Gasteiger partial charge in [0.1, 0.15) is 5.69 Å². The summed E-state index contributed by atoms with van der Waals surface area (Å²) in [5.74, 6) is -1.11. The molecule has 0 fully saturated rings. The smallest absolute Gasteiger partial charge is 0.306 e. The van der Waals surface area contributed by atoms with Crippen LogP contribution in [0.5, 0.6) is 0 Å². The summed E-state index contributed by atoms with van der Waals surface area (Å²) < 4.78 is 5.12. The lowest BCUT2D eigenvalue weighted by molar-refractivity contribution is -0.384. The van der Waals surface area contributed by atoms with Gasteiger partial charge in [-0.1, -0.05) is 12.1 Å². The first-order valence-corrected chi connectivity index (χ1v) is 9.36. The largest absolute Gasteiger partial charge is 0.453 e. The number of hydrogen-bond donors (Lipinski definition) is 2. The number of benzene rings is 2. The number of ketones is 1. The quantitative estimate of drug-likeness (QED) is 0.200. The maximum Gasteiger partial charge on any atom is 0.306 e. The van der Waals surface area contributed by atoms with Crippen molar-refractivity contribution in [1.29, 1.82) is 0 Å². The number of anilines is 2. The molecule has 158 valence electrons. The van der Waals surface area contributed by atoms with Gasteiger partial charge < -0.3 is 15.4 Å². The molecule has 0 unspecified atom stereocenters. The molecule has 0 aliphatic heterocycles. The zero-order chi connectivity index (χ0) is 22.1. The number of para-hydroxylation sites is 2. The van der Waals surface area contributed by atoms with Gasteiger partial charge in [-0.2, -0.15) is 0 Å². The third-order valence-electron chi connectivity index (χ3n) is 4.21. The SMILES string of the molecule is CC(=O)c1ccc(NC(=O)[C@@H](C)OC(=O)CCCNc2ccccc2[N+](=O)[O-])cc1. The Kier molecular flexibility index (Phi) is 8.04. The van der Waals surface area contributed by atoms with Crippen LogP contribution in [0.1, 0.15) is 37.0 Å². The van der Waals surface area contributed by atoms with E-state index in [0.29, 0.717) is 29.9 Å². The molecule has 1 amide bonds. The van der Waals surface area contributed by atoms with E-state index < -0.39 is 22.9 Å². The highest BCUT2D eigenvalue weighted by molar-refractivity contribution is 5.97. The molecule has 0 spiro atoms. The van der Waals surface area contributed by atoms with Crippen LogP contribution in [-0.2, 0) is 14.3 Å². The summed E-state index contributed by atoms with van der Waals surface area (Å²) in [7, 11) is 0. The second-order valence-electron chi connectivity index (χ2n) is 6.56. The molecule has 0 aliphatic carbocycles. The van der Waals surface area contributed by atoms with Crippen LogP contribution < -0.4 is 10.6 Å². The zero-order valence-electron chi connectivity index (χ0n) is 16.7. The molecule has 1 atom stereocenters. The van der Waals surface area contributed by atoms with E-state index in [9.17, 15) is 24.5 Å². The van der Waals surface area contributed by atoms with Gasteiger partial charge in [-0.15, -0.1) is 0 Å². The van der Waals surface area contributed by atoms with Gasteiger partial charge in [0.05, 0.1) is 4.92 Å². The third-order valence-corrected chi connectivity index (χ3v) is 4.21. The summed E-state index contributed by atoms with van der Waals surface area (Å²) in [6, 6.07) is 12.6. The standard InChI is InChI=1S/C21H23N3O6/c1-14(25)16-9-11-17(12-10-16)23-21(27)15(2)30-20(26)8-5-13-22-18-6-3-4-7-19(18)24(28)29/h3-4,6-7,9-12,15,22H,5,8,13H2,1-2H3,(H,23,27)/t15-/m1/s1. The molecular formula is C21H23N3O6. The maximum atomic E-state index is 12.2. The Balaban J connectivity index is 1.74. The zero-order valence-corrected chi connectivity index (χ0v) is 16.7. The fraction of sp³-hybridized carbons (Fsp3) is 0.286. The molecule has 0 heterocycles. The monoisotopic (exact) mass is 413 g/mol. The number of Topliss-reactive ketones (excluding diaryl/α,β-unsaturated/α-hetero) is 1. The molecule has 0 aromatic heterocycles. The Bertz CT molecular complexity index is 927. The minimum absolute atomic E-state index is 0.0401. The summed E-state index contributed by atoms with van der Waals surface area (Å²) in [5.41, 5.74) is 1.35. The van der Waals surface area contributed by atoms with Crippen molar-refractivity contribution in [1.82, 2.24) is 0 Å². The Hall–Kier alpha value is -3.75. The van der Waals surface area contributed by atoms with Crippen LogP contribution in [0, 0.1) is 10.1 Å². The summed E-state index contributed by atoms with van der Waals surface area (Å²) in [4.78, 5) is 45.8. The predicted molar refractivity (Wildman–Crippen MR) is 111 cm³/mol. The number of esters is 1. The fourth-order valence-corrected chi connectivity index (χ4v) is 2.58. The molecule has 9 heteroatoms. The summed E-state index contributed by atoms with van der Waals surface area (Å²) in [6.07, 6.45) is -0.558. The molecule has 0 radical (unpaired) electrons. The summed E-state index contributed by atoms with van der Waals surface area (Å²) >= 11 is 0. The summed E-state index contributed by atoms with van der Waals surface area (Å²) in [5, 5.41) is 16.5. The van der Waals surface area contributed by atoms with Crippen molar-refractivity contribution >= 4 is 34.7 Å². The van der Waals surface area contributed by atoms with Gasteiger partial charge in [0, 0.05) is 30.3 Å². The molecule has 2 rings (SSSR count). The minimum Gasteiger partial charge on any atom is -0.453 e. The highest BCUT2D eigenvalue weighted by atomic mass is 16.6. The van der Waals surface area contributed by atoms with E-state index in [-0.39, 0.29) is 17.9 Å². The molecule has 2 aromatic carbocycles. The molecule has 0 saturated heterocycles. The molecule has 0 bridgehead atoms. The number of nitro benzene ring substituents is 1. The number of carbonyl (C=O) groups is 3. The Morgan fingerprint density at radius 2 is 1.77 bits per heavy atom. The van der Waals surface area contributed by atoms with E-state index in [1.54, 1.807) is 42.5 Å². The van der Waals surface area contributed by atoms with Crippen LogP contribution in [0.3, 0.4) is 0 Å². The average molecular weight is 413 g/mol. The average Bonchev–Trinajstić information content (AvgIpc) is 2.71. The number of nitrogens with one attached hydrogen (secondary N) is 2. The van der Waals surface area contributed by atoms with Crippen molar-refractivity contribution in [3.8, 4) is 0 Å². The number of rotatable bonds is 10. The van der Waals surface area contributed by atoms with Crippen LogP contribution in [0.2, 0.25) is 0 Å². The van der Waals surface area contributed by atoms with Gasteiger partial charge in [0.2, 0.25) is 0 Å². The molecule has 2 N–H and O–H groups in total. The first kappa shape index (κ1) is 22.5. The first-order valence-electron chi connectivity index (χ1n) is 9.36. The van der Waals surface area contributed by atoms with E-state index in [0.717, 1.165) is 0 Å². The highest BCUT2D eigenvalue weighted by Gasteiger charge is 2.18. The van der Waals surface area contributed by atoms with Crippen LogP contribution >= 0.6 is 0 Å². The van der Waals surface area contributed by atoms with Gasteiger partial charge in [0.15, 0.2) is 11.9 Å². The Morgan fingerprint density at radius 3 is 2.40 bits per heavy atom. The van der Waals surface area contributed by atoms with Gasteiger partial charge in [-0.05, 0) is 50.6 Å². The third kappa shape index (κ3) is 6.69. The van der Waals surface area contributed by atoms with Crippen LogP contribution in [0.15, 0.2) is 48.5 Å². The van der Waals surface area contributed by atoms with Crippen molar-refractivity contribution in [2.75, 3.05) is 17.2 Å². The number of amides is 1. The number of hydrogen-bond acceptors (Lipinski definition) is 7. The number of nitro groups is 1. The molecular weight excluding hydrogens is 390 g/mol. The molecule has 0 aliphatic rings. The topological polar surface area (TPSA) is 128 Å².